The number of hydrogen-bond acceptors (Lipinski definition) is 4. The quantitative estimate of drug-likeness (QED) is 0.526. The molecule has 0 bridgehead atoms. The van der Waals surface area contributed by atoms with Crippen LogP contribution in [0.15, 0.2) is 110 Å². The fourth-order valence-electron chi connectivity index (χ4n) is 2.22. The minimum Gasteiger partial charge on any atom is -0.265 e. The van der Waals surface area contributed by atoms with Gasteiger partial charge in [0.25, 0.3) is 0 Å². The van der Waals surface area contributed by atoms with Crippen molar-refractivity contribution in [2.24, 2.45) is 0 Å². The minimum atomic E-state index is 1.12. The average Bonchev–Trinajstić information content (AvgIpc) is 2.79. The fourth-order valence-corrected chi connectivity index (χ4v) is 2.22. The van der Waals surface area contributed by atoms with Crippen molar-refractivity contribution in [1.82, 2.24) is 19.9 Å². The van der Waals surface area contributed by atoms with Crippen LogP contribution in [-0.2, 0) is 12.8 Å². The summed E-state index contributed by atoms with van der Waals surface area (Å²) < 4.78 is 0. The van der Waals surface area contributed by atoms with Crippen molar-refractivity contribution in [2.75, 3.05) is 0 Å². The van der Waals surface area contributed by atoms with Crippen molar-refractivity contribution in [1.29, 1.82) is 0 Å². The summed E-state index contributed by atoms with van der Waals surface area (Å²) in [5, 5.41) is 0. The lowest BCUT2D eigenvalue weighted by Crippen LogP contribution is -1.90. The van der Waals surface area contributed by atoms with Crippen LogP contribution in [0.4, 0.5) is 0 Å². The molecule has 0 atom stereocenters. The standard InChI is InChI=1S/C13H14N2.2C5H5N/c1(2-12-4-8-14-9-5-12)3-13-6-10-15-11-7-13;2*1-2-4-6-5-3-1/h4-11H,1-3H2;2*1-5H. The Morgan fingerprint density at radius 2 is 0.741 bits per heavy atom. The summed E-state index contributed by atoms with van der Waals surface area (Å²) in [7, 11) is 0. The van der Waals surface area contributed by atoms with Crippen LogP contribution < -0.4 is 0 Å². The Kier molecular flexibility index (Phi) is 10.2. The third-order valence-electron chi connectivity index (χ3n) is 3.56. The molecule has 0 spiro atoms. The summed E-state index contributed by atoms with van der Waals surface area (Å²) in [6.07, 6.45) is 17.8. The van der Waals surface area contributed by atoms with Gasteiger partial charge in [0.05, 0.1) is 0 Å². The summed E-state index contributed by atoms with van der Waals surface area (Å²) in [4.78, 5) is 15.6. The lowest BCUT2D eigenvalue weighted by molar-refractivity contribution is 0.818. The molecule has 136 valence electrons. The van der Waals surface area contributed by atoms with E-state index in [1.165, 1.54) is 17.5 Å². The molecule has 0 amide bonds. The van der Waals surface area contributed by atoms with Crippen LogP contribution in [0.3, 0.4) is 0 Å². The van der Waals surface area contributed by atoms with Gasteiger partial charge >= 0.3 is 0 Å². The third kappa shape index (κ3) is 10.2. The third-order valence-corrected chi connectivity index (χ3v) is 3.56. The Morgan fingerprint density at radius 3 is 1.00 bits per heavy atom. The zero-order valence-electron chi connectivity index (χ0n) is 15.3. The molecule has 4 nitrogen and oxygen atoms in total. The van der Waals surface area contributed by atoms with Gasteiger partial charge in [-0.25, -0.2) is 0 Å². The van der Waals surface area contributed by atoms with Crippen molar-refractivity contribution in [3.05, 3.63) is 121 Å². The molecule has 4 heterocycles. The molecule has 0 N–H and O–H groups in total. The molecule has 4 aromatic heterocycles. The van der Waals surface area contributed by atoms with E-state index in [0.717, 1.165) is 12.8 Å². The monoisotopic (exact) mass is 356 g/mol. The zero-order valence-corrected chi connectivity index (χ0v) is 15.3. The first kappa shape index (κ1) is 19.9. The number of aryl methyl sites for hydroxylation is 2. The SMILES string of the molecule is c1cc(CCCc2ccncc2)ccn1.c1ccncc1.c1ccncc1. The molecule has 0 aliphatic rings. The van der Waals surface area contributed by atoms with Crippen LogP contribution in [0.5, 0.6) is 0 Å². The van der Waals surface area contributed by atoms with Crippen LogP contribution >= 0.6 is 0 Å². The van der Waals surface area contributed by atoms with Gasteiger partial charge in [0.1, 0.15) is 0 Å². The zero-order chi connectivity index (χ0) is 18.8. The summed E-state index contributed by atoms with van der Waals surface area (Å²) in [5.41, 5.74) is 2.72. The largest absolute Gasteiger partial charge is 0.265 e. The van der Waals surface area contributed by atoms with E-state index < -0.39 is 0 Å². The van der Waals surface area contributed by atoms with Gasteiger partial charge in [-0.2, -0.15) is 0 Å². The molecule has 4 heteroatoms. The topological polar surface area (TPSA) is 51.6 Å². The first-order chi connectivity index (χ1) is 13.4. The van der Waals surface area contributed by atoms with Gasteiger partial charge in [-0.15, -0.1) is 0 Å². The molecular weight excluding hydrogens is 332 g/mol. The number of nitrogens with zero attached hydrogens (tertiary/aromatic N) is 4. The molecule has 0 saturated carbocycles. The van der Waals surface area contributed by atoms with Gasteiger partial charge in [-0.3, -0.25) is 19.9 Å². The Bertz CT molecular complexity index is 670. The average molecular weight is 356 g/mol. The van der Waals surface area contributed by atoms with E-state index in [1.54, 1.807) is 24.8 Å². The van der Waals surface area contributed by atoms with E-state index in [4.69, 9.17) is 0 Å². The molecule has 0 fully saturated rings. The number of hydrogen-bond donors (Lipinski definition) is 0. The maximum Gasteiger partial charge on any atom is 0.0270 e. The second-order valence-electron chi connectivity index (χ2n) is 5.61. The number of rotatable bonds is 4. The lowest BCUT2D eigenvalue weighted by atomic mass is 10.1. The highest BCUT2D eigenvalue weighted by Gasteiger charge is 1.94. The predicted molar refractivity (Wildman–Crippen MR) is 109 cm³/mol. The van der Waals surface area contributed by atoms with E-state index in [9.17, 15) is 0 Å². The highest BCUT2D eigenvalue weighted by molar-refractivity contribution is 5.12. The van der Waals surface area contributed by atoms with Crippen LogP contribution in [-0.4, -0.2) is 19.9 Å². The minimum absolute atomic E-state index is 1.12. The van der Waals surface area contributed by atoms with E-state index >= 15 is 0 Å². The fraction of sp³-hybridized carbons (Fsp3) is 0.130. The Hall–Kier alpha value is -3.40. The summed E-state index contributed by atoms with van der Waals surface area (Å²) >= 11 is 0. The number of aromatic nitrogens is 4. The van der Waals surface area contributed by atoms with Crippen molar-refractivity contribution >= 4 is 0 Å². The van der Waals surface area contributed by atoms with Crippen molar-refractivity contribution in [2.45, 2.75) is 19.3 Å². The Balaban J connectivity index is 0.000000178. The van der Waals surface area contributed by atoms with Gasteiger partial charge in [-0.1, -0.05) is 12.1 Å². The van der Waals surface area contributed by atoms with E-state index in [0.29, 0.717) is 0 Å². The molecule has 0 radical (unpaired) electrons. The van der Waals surface area contributed by atoms with Gasteiger partial charge in [0, 0.05) is 49.6 Å². The van der Waals surface area contributed by atoms with Gasteiger partial charge in [0.15, 0.2) is 0 Å². The molecule has 0 aromatic carbocycles. The highest BCUT2D eigenvalue weighted by atomic mass is 14.6. The van der Waals surface area contributed by atoms with Gasteiger partial charge in [-0.05, 0) is 78.9 Å². The lowest BCUT2D eigenvalue weighted by Gasteiger charge is -2.01. The molecular formula is C23H24N4. The summed E-state index contributed by atoms with van der Waals surface area (Å²) in [5.74, 6) is 0. The maximum atomic E-state index is 4.00. The molecule has 0 unspecified atom stereocenters. The first-order valence-electron chi connectivity index (χ1n) is 8.93. The Morgan fingerprint density at radius 1 is 0.407 bits per heavy atom. The molecule has 27 heavy (non-hydrogen) atoms. The van der Waals surface area contributed by atoms with Crippen LogP contribution in [0, 0.1) is 0 Å². The van der Waals surface area contributed by atoms with E-state index in [1.807, 2.05) is 61.2 Å². The van der Waals surface area contributed by atoms with E-state index in [-0.39, 0.29) is 0 Å². The van der Waals surface area contributed by atoms with Gasteiger partial charge < -0.3 is 0 Å². The second kappa shape index (κ2) is 13.8. The van der Waals surface area contributed by atoms with Crippen molar-refractivity contribution in [3.63, 3.8) is 0 Å². The molecule has 0 saturated heterocycles. The predicted octanol–water partition coefficient (Wildman–Crippen LogP) is 4.82. The number of pyridine rings is 4. The van der Waals surface area contributed by atoms with Crippen LogP contribution in [0.2, 0.25) is 0 Å². The molecule has 0 aliphatic carbocycles. The van der Waals surface area contributed by atoms with Gasteiger partial charge in [0.2, 0.25) is 0 Å². The molecule has 0 aliphatic heterocycles. The Labute approximate surface area is 161 Å². The molecule has 4 rings (SSSR count). The smallest absolute Gasteiger partial charge is 0.0270 e. The second-order valence-corrected chi connectivity index (χ2v) is 5.61. The molecule has 4 aromatic rings. The normalized spacial score (nSPS) is 9.19. The highest BCUT2D eigenvalue weighted by Crippen LogP contribution is 2.06. The van der Waals surface area contributed by atoms with E-state index in [2.05, 4.69) is 44.2 Å². The van der Waals surface area contributed by atoms with Crippen molar-refractivity contribution in [3.8, 4) is 0 Å². The van der Waals surface area contributed by atoms with Crippen LogP contribution in [0.1, 0.15) is 17.5 Å². The van der Waals surface area contributed by atoms with Crippen molar-refractivity contribution < 1.29 is 0 Å². The van der Waals surface area contributed by atoms with Crippen LogP contribution in [0.25, 0.3) is 0 Å². The summed E-state index contributed by atoms with van der Waals surface area (Å²) in [6.45, 7) is 0. The maximum absolute atomic E-state index is 4.00. The summed E-state index contributed by atoms with van der Waals surface area (Å²) in [6, 6.07) is 19.7. The first-order valence-corrected chi connectivity index (χ1v) is 8.93.